The van der Waals surface area contributed by atoms with Crippen molar-refractivity contribution in [1.82, 2.24) is 0 Å². The van der Waals surface area contributed by atoms with E-state index in [-0.39, 0.29) is 5.56 Å². The van der Waals surface area contributed by atoms with Gasteiger partial charge in [0.1, 0.15) is 11.6 Å². The molecule has 0 unspecified atom stereocenters. The quantitative estimate of drug-likeness (QED) is 0.780. The molecule has 0 amide bonds. The maximum atomic E-state index is 13.6. The summed E-state index contributed by atoms with van der Waals surface area (Å²) in [4.78, 5) is 10.9. The molecule has 0 bridgehead atoms. The molecule has 0 spiro atoms. The van der Waals surface area contributed by atoms with Crippen molar-refractivity contribution >= 4 is 6.29 Å². The number of aldehydes is 1. The molecule has 0 saturated heterocycles. The molecule has 0 aromatic heterocycles. The molecule has 0 fully saturated rings. The predicted molar refractivity (Wildman–Crippen MR) is 73.2 cm³/mol. The van der Waals surface area contributed by atoms with Gasteiger partial charge in [0.25, 0.3) is 0 Å². The molecule has 98 valence electrons. The number of rotatable bonds is 3. The van der Waals surface area contributed by atoms with Crippen LogP contribution in [0.2, 0.25) is 0 Å². The highest BCUT2D eigenvalue weighted by Crippen LogP contribution is 2.36. The average Bonchev–Trinajstić information content (AvgIpc) is 2.39. The highest BCUT2D eigenvalue weighted by molar-refractivity contribution is 5.84. The van der Waals surface area contributed by atoms with Crippen molar-refractivity contribution in [2.24, 2.45) is 0 Å². The van der Waals surface area contributed by atoms with Gasteiger partial charge in [-0.3, -0.25) is 4.79 Å². The van der Waals surface area contributed by atoms with Crippen LogP contribution in [-0.2, 0) is 0 Å². The zero-order chi connectivity index (χ0) is 14.0. The van der Waals surface area contributed by atoms with Gasteiger partial charge < -0.3 is 4.74 Å². The fourth-order valence-corrected chi connectivity index (χ4v) is 2.27. The van der Waals surface area contributed by atoms with Crippen molar-refractivity contribution in [3.8, 4) is 16.9 Å². The molecule has 2 aromatic rings. The van der Waals surface area contributed by atoms with Gasteiger partial charge in [0, 0.05) is 11.6 Å². The summed E-state index contributed by atoms with van der Waals surface area (Å²) in [5.41, 5.74) is 3.87. The van der Waals surface area contributed by atoms with E-state index < -0.39 is 5.82 Å². The third kappa shape index (κ3) is 2.36. The monoisotopic (exact) mass is 258 g/mol. The molecule has 19 heavy (non-hydrogen) atoms. The topological polar surface area (TPSA) is 26.3 Å². The van der Waals surface area contributed by atoms with Crippen LogP contribution in [-0.4, -0.2) is 13.4 Å². The van der Waals surface area contributed by atoms with Gasteiger partial charge in [-0.15, -0.1) is 0 Å². The molecule has 2 nitrogen and oxygen atoms in total. The first-order valence-electron chi connectivity index (χ1n) is 5.97. The standard InChI is InChI=1S/C16H15FO2/c1-10-5-4-6-11(2)16(10)13-7-12(9-18)14(17)8-15(13)19-3/h4-9H,1-3H3. The van der Waals surface area contributed by atoms with Gasteiger partial charge in [0.2, 0.25) is 0 Å². The number of aryl methyl sites for hydroxylation is 2. The van der Waals surface area contributed by atoms with Crippen molar-refractivity contribution in [3.05, 3.63) is 52.8 Å². The highest BCUT2D eigenvalue weighted by atomic mass is 19.1. The normalized spacial score (nSPS) is 10.3. The van der Waals surface area contributed by atoms with Crippen molar-refractivity contribution in [2.45, 2.75) is 13.8 Å². The summed E-state index contributed by atoms with van der Waals surface area (Å²) in [5.74, 6) is -0.137. The fraction of sp³-hybridized carbons (Fsp3) is 0.188. The van der Waals surface area contributed by atoms with Crippen molar-refractivity contribution in [1.29, 1.82) is 0 Å². The van der Waals surface area contributed by atoms with Crippen molar-refractivity contribution in [2.75, 3.05) is 7.11 Å². The lowest BCUT2D eigenvalue weighted by Crippen LogP contribution is -1.97. The summed E-state index contributed by atoms with van der Waals surface area (Å²) in [6.07, 6.45) is 0.520. The Morgan fingerprint density at radius 3 is 2.32 bits per heavy atom. The lowest BCUT2D eigenvalue weighted by molar-refractivity contribution is 0.112. The molecular formula is C16H15FO2. The number of halogens is 1. The molecule has 0 N–H and O–H groups in total. The van der Waals surface area contributed by atoms with Crippen LogP contribution in [0, 0.1) is 19.7 Å². The van der Waals surface area contributed by atoms with Gasteiger partial charge in [0.05, 0.1) is 12.7 Å². The first-order chi connectivity index (χ1) is 9.08. The second-order valence-corrected chi connectivity index (χ2v) is 4.46. The van der Waals surface area contributed by atoms with E-state index in [1.165, 1.54) is 19.2 Å². The van der Waals surface area contributed by atoms with Crippen LogP contribution < -0.4 is 4.74 Å². The van der Waals surface area contributed by atoms with Crippen LogP contribution in [0.4, 0.5) is 4.39 Å². The van der Waals surface area contributed by atoms with E-state index in [0.717, 1.165) is 22.3 Å². The van der Waals surface area contributed by atoms with E-state index in [1.807, 2.05) is 32.0 Å². The van der Waals surface area contributed by atoms with Gasteiger partial charge in [-0.2, -0.15) is 0 Å². The van der Waals surface area contributed by atoms with E-state index in [0.29, 0.717) is 12.0 Å². The van der Waals surface area contributed by atoms with Crippen LogP contribution in [0.5, 0.6) is 5.75 Å². The first-order valence-corrected chi connectivity index (χ1v) is 5.97. The molecule has 2 aromatic carbocycles. The van der Waals surface area contributed by atoms with Crippen molar-refractivity contribution < 1.29 is 13.9 Å². The Morgan fingerprint density at radius 1 is 1.16 bits per heavy atom. The van der Waals surface area contributed by atoms with Crippen LogP contribution in [0.25, 0.3) is 11.1 Å². The Balaban J connectivity index is 2.77. The Bertz CT molecular complexity index is 613. The Labute approximate surface area is 111 Å². The third-order valence-corrected chi connectivity index (χ3v) is 3.20. The molecule has 0 aliphatic carbocycles. The first kappa shape index (κ1) is 13.3. The lowest BCUT2D eigenvalue weighted by atomic mass is 9.94. The number of benzene rings is 2. The molecular weight excluding hydrogens is 243 g/mol. The van der Waals surface area contributed by atoms with Gasteiger partial charge >= 0.3 is 0 Å². The minimum absolute atomic E-state index is 0.0402. The molecule has 0 radical (unpaired) electrons. The Morgan fingerprint density at radius 2 is 1.79 bits per heavy atom. The molecule has 0 saturated carbocycles. The van der Waals surface area contributed by atoms with Gasteiger partial charge in [-0.25, -0.2) is 4.39 Å². The molecule has 2 rings (SSSR count). The SMILES string of the molecule is COc1cc(F)c(C=O)cc1-c1c(C)cccc1C. The second kappa shape index (κ2) is 5.22. The summed E-state index contributed by atoms with van der Waals surface area (Å²) < 4.78 is 18.9. The van der Waals surface area contributed by atoms with Crippen LogP contribution in [0.1, 0.15) is 21.5 Å². The van der Waals surface area contributed by atoms with Gasteiger partial charge in [-0.1, -0.05) is 18.2 Å². The zero-order valence-electron chi connectivity index (χ0n) is 11.2. The van der Waals surface area contributed by atoms with E-state index in [4.69, 9.17) is 4.74 Å². The number of ether oxygens (including phenoxy) is 1. The second-order valence-electron chi connectivity index (χ2n) is 4.46. The van der Waals surface area contributed by atoms with Gasteiger partial charge in [-0.05, 0) is 36.6 Å². The summed E-state index contributed by atoms with van der Waals surface area (Å²) >= 11 is 0. The minimum Gasteiger partial charge on any atom is -0.496 e. The summed E-state index contributed by atoms with van der Waals surface area (Å²) in [6.45, 7) is 3.96. The Kier molecular flexibility index (Phi) is 3.65. The zero-order valence-corrected chi connectivity index (χ0v) is 11.2. The number of hydrogen-bond donors (Lipinski definition) is 0. The molecule has 0 aliphatic heterocycles. The number of carbonyl (C=O) groups excluding carboxylic acids is 1. The average molecular weight is 258 g/mol. The van der Waals surface area contributed by atoms with E-state index in [2.05, 4.69) is 0 Å². The molecule has 0 heterocycles. The van der Waals surface area contributed by atoms with Gasteiger partial charge in [0.15, 0.2) is 6.29 Å². The third-order valence-electron chi connectivity index (χ3n) is 3.20. The molecule has 0 aliphatic rings. The maximum Gasteiger partial charge on any atom is 0.153 e. The van der Waals surface area contributed by atoms with Crippen LogP contribution in [0.15, 0.2) is 30.3 Å². The summed E-state index contributed by atoms with van der Waals surface area (Å²) in [6, 6.07) is 8.71. The molecule has 3 heteroatoms. The number of hydrogen-bond acceptors (Lipinski definition) is 2. The lowest BCUT2D eigenvalue weighted by Gasteiger charge is -2.14. The fourth-order valence-electron chi connectivity index (χ4n) is 2.27. The predicted octanol–water partition coefficient (Wildman–Crippen LogP) is 3.93. The maximum absolute atomic E-state index is 13.6. The number of carbonyl (C=O) groups is 1. The largest absolute Gasteiger partial charge is 0.496 e. The van der Waals surface area contributed by atoms with E-state index >= 15 is 0 Å². The van der Waals surface area contributed by atoms with Crippen LogP contribution >= 0.6 is 0 Å². The van der Waals surface area contributed by atoms with E-state index in [9.17, 15) is 9.18 Å². The van der Waals surface area contributed by atoms with Crippen molar-refractivity contribution in [3.63, 3.8) is 0 Å². The van der Waals surface area contributed by atoms with Crippen LogP contribution in [0.3, 0.4) is 0 Å². The summed E-state index contributed by atoms with van der Waals surface area (Å²) in [7, 11) is 1.49. The number of methoxy groups -OCH3 is 1. The molecule has 0 atom stereocenters. The van der Waals surface area contributed by atoms with E-state index in [1.54, 1.807) is 0 Å². The minimum atomic E-state index is -0.568. The smallest absolute Gasteiger partial charge is 0.153 e. The highest BCUT2D eigenvalue weighted by Gasteiger charge is 2.14. The Hall–Kier alpha value is -2.16. The summed E-state index contributed by atoms with van der Waals surface area (Å²) in [5, 5.41) is 0.